The summed E-state index contributed by atoms with van der Waals surface area (Å²) in [5.41, 5.74) is 7.56. The predicted octanol–water partition coefficient (Wildman–Crippen LogP) is 6.02. The minimum atomic E-state index is 0.277. The number of benzene rings is 1. The number of aliphatic imine (C=N–C) groups is 1. The van der Waals surface area contributed by atoms with Gasteiger partial charge in [-0.1, -0.05) is 50.1 Å². The van der Waals surface area contributed by atoms with Gasteiger partial charge in [0.25, 0.3) is 0 Å². The fraction of sp³-hybridized carbons (Fsp3) is 0.571. The summed E-state index contributed by atoms with van der Waals surface area (Å²) in [6.07, 6.45) is 3.50. The molecule has 0 aliphatic heterocycles. The Morgan fingerprint density at radius 3 is 2.14 bits per heavy atom. The van der Waals surface area contributed by atoms with Crippen LogP contribution >= 0.6 is 0 Å². The molecular weight excluding hydrogens is 266 g/mol. The Labute approximate surface area is 135 Å². The standard InChI is InChI=1S/C21H29N/c1-13-9-8-10-14(2)19(13)22-12-18-11-20(6)15(3)16(4)21(18,7)17(20)5/h8-10,12,17-18H,11H2,1-7H3. The van der Waals surface area contributed by atoms with E-state index in [0.29, 0.717) is 17.3 Å². The molecule has 1 aromatic carbocycles. The molecule has 0 radical (unpaired) electrons. The van der Waals surface area contributed by atoms with Crippen molar-refractivity contribution in [2.75, 3.05) is 0 Å². The molecule has 0 heterocycles. The molecule has 118 valence electrons. The Hall–Kier alpha value is -1.37. The summed E-state index contributed by atoms with van der Waals surface area (Å²) in [6, 6.07) is 6.42. The second-order valence-corrected chi connectivity index (χ2v) is 8.00. The Morgan fingerprint density at radius 1 is 1.05 bits per heavy atom. The smallest absolute Gasteiger partial charge is 0.0684 e. The van der Waals surface area contributed by atoms with Gasteiger partial charge in [-0.3, -0.25) is 4.99 Å². The molecule has 0 N–H and O–H groups in total. The van der Waals surface area contributed by atoms with Crippen LogP contribution in [0.4, 0.5) is 5.69 Å². The van der Waals surface area contributed by atoms with Crippen LogP contribution in [-0.4, -0.2) is 6.21 Å². The maximum Gasteiger partial charge on any atom is 0.0684 e. The molecule has 4 atom stereocenters. The number of allylic oxidation sites excluding steroid dienone is 2. The number of nitrogens with zero attached hydrogens (tertiary/aromatic N) is 1. The van der Waals surface area contributed by atoms with Crippen molar-refractivity contribution in [1.82, 2.24) is 0 Å². The van der Waals surface area contributed by atoms with E-state index < -0.39 is 0 Å². The zero-order chi connectivity index (χ0) is 16.3. The van der Waals surface area contributed by atoms with Crippen molar-refractivity contribution >= 4 is 11.9 Å². The molecule has 2 aliphatic carbocycles. The Kier molecular flexibility index (Phi) is 3.39. The lowest BCUT2D eigenvalue weighted by Crippen LogP contribution is -2.28. The molecule has 2 bridgehead atoms. The highest BCUT2D eigenvalue weighted by atomic mass is 14.8. The molecule has 1 nitrogen and oxygen atoms in total. The normalized spacial score (nSPS) is 37.6. The van der Waals surface area contributed by atoms with Crippen LogP contribution in [-0.2, 0) is 0 Å². The molecule has 0 amide bonds. The highest BCUT2D eigenvalue weighted by molar-refractivity contribution is 5.72. The zero-order valence-electron chi connectivity index (χ0n) is 15.1. The molecule has 3 rings (SSSR count). The second kappa shape index (κ2) is 4.81. The quantitative estimate of drug-likeness (QED) is 0.467. The topological polar surface area (TPSA) is 12.4 Å². The lowest BCUT2D eigenvalue weighted by atomic mass is 9.71. The van der Waals surface area contributed by atoms with Gasteiger partial charge in [0, 0.05) is 12.1 Å². The average molecular weight is 295 g/mol. The van der Waals surface area contributed by atoms with Crippen LogP contribution in [0.25, 0.3) is 0 Å². The summed E-state index contributed by atoms with van der Waals surface area (Å²) < 4.78 is 0. The summed E-state index contributed by atoms with van der Waals surface area (Å²) in [5, 5.41) is 0. The van der Waals surface area contributed by atoms with E-state index in [1.54, 1.807) is 11.1 Å². The van der Waals surface area contributed by atoms with E-state index in [4.69, 9.17) is 4.99 Å². The minimum Gasteiger partial charge on any atom is -0.260 e. The van der Waals surface area contributed by atoms with Crippen LogP contribution in [0.5, 0.6) is 0 Å². The van der Waals surface area contributed by atoms with Gasteiger partial charge in [-0.15, -0.1) is 0 Å². The Balaban J connectivity index is 1.98. The van der Waals surface area contributed by atoms with Crippen LogP contribution in [0.3, 0.4) is 0 Å². The summed E-state index contributed by atoms with van der Waals surface area (Å²) in [4.78, 5) is 4.93. The largest absolute Gasteiger partial charge is 0.260 e. The number of para-hydroxylation sites is 1. The molecule has 4 unspecified atom stereocenters. The van der Waals surface area contributed by atoms with Gasteiger partial charge in [0.15, 0.2) is 0 Å². The van der Waals surface area contributed by atoms with Crippen LogP contribution in [0, 0.1) is 36.5 Å². The molecule has 2 aliphatic rings. The maximum atomic E-state index is 4.93. The lowest BCUT2D eigenvalue weighted by molar-refractivity contribution is 0.241. The van der Waals surface area contributed by atoms with Gasteiger partial charge >= 0.3 is 0 Å². The third-order valence-corrected chi connectivity index (χ3v) is 7.32. The molecule has 0 saturated heterocycles. The van der Waals surface area contributed by atoms with E-state index in [2.05, 4.69) is 72.9 Å². The van der Waals surface area contributed by atoms with E-state index in [9.17, 15) is 0 Å². The summed E-state index contributed by atoms with van der Waals surface area (Å²) in [5.74, 6) is 1.25. The molecule has 1 heteroatoms. The van der Waals surface area contributed by atoms with E-state index >= 15 is 0 Å². The Morgan fingerprint density at radius 2 is 1.64 bits per heavy atom. The summed E-state index contributed by atoms with van der Waals surface area (Å²) >= 11 is 0. The Bertz CT molecular complexity index is 661. The monoisotopic (exact) mass is 295 g/mol. The highest BCUT2D eigenvalue weighted by Crippen LogP contribution is 2.69. The number of fused-ring (bicyclic) bond motifs is 2. The third kappa shape index (κ3) is 1.81. The van der Waals surface area contributed by atoms with E-state index in [0.717, 1.165) is 5.69 Å². The van der Waals surface area contributed by atoms with E-state index in [1.807, 2.05) is 0 Å². The van der Waals surface area contributed by atoms with Crippen molar-refractivity contribution in [2.24, 2.45) is 27.7 Å². The van der Waals surface area contributed by atoms with Gasteiger partial charge in [-0.25, -0.2) is 0 Å². The molecule has 1 aromatic rings. The molecule has 22 heavy (non-hydrogen) atoms. The molecule has 1 saturated carbocycles. The molecular formula is C21H29N. The van der Waals surface area contributed by atoms with E-state index in [1.165, 1.54) is 17.5 Å². The van der Waals surface area contributed by atoms with Crippen molar-refractivity contribution in [1.29, 1.82) is 0 Å². The SMILES string of the molecule is CC1=C(C)C2(C)C(C=Nc3c(C)cccc3C)CC1(C)C2C. The summed E-state index contributed by atoms with van der Waals surface area (Å²) in [7, 11) is 0. The van der Waals surface area contributed by atoms with Crippen molar-refractivity contribution in [3.05, 3.63) is 40.5 Å². The first kappa shape index (κ1) is 15.5. The predicted molar refractivity (Wildman–Crippen MR) is 95.9 cm³/mol. The zero-order valence-corrected chi connectivity index (χ0v) is 15.1. The highest BCUT2D eigenvalue weighted by Gasteiger charge is 2.61. The number of aryl methyl sites for hydroxylation is 2. The van der Waals surface area contributed by atoms with Crippen molar-refractivity contribution in [3.63, 3.8) is 0 Å². The van der Waals surface area contributed by atoms with Crippen molar-refractivity contribution < 1.29 is 0 Å². The average Bonchev–Trinajstić information content (AvgIpc) is 2.74. The number of hydrogen-bond acceptors (Lipinski definition) is 1. The van der Waals surface area contributed by atoms with Crippen LogP contribution in [0.15, 0.2) is 34.3 Å². The van der Waals surface area contributed by atoms with Gasteiger partial charge in [-0.05, 0) is 62.0 Å². The second-order valence-electron chi connectivity index (χ2n) is 8.00. The van der Waals surface area contributed by atoms with Crippen molar-refractivity contribution in [2.45, 2.75) is 54.9 Å². The third-order valence-electron chi connectivity index (χ3n) is 7.32. The molecule has 1 fully saturated rings. The maximum absolute atomic E-state index is 4.93. The van der Waals surface area contributed by atoms with Gasteiger partial charge < -0.3 is 0 Å². The van der Waals surface area contributed by atoms with Gasteiger partial charge in [0.1, 0.15) is 0 Å². The molecule has 0 spiro atoms. The first-order chi connectivity index (χ1) is 10.2. The number of hydrogen-bond donors (Lipinski definition) is 0. The fourth-order valence-corrected chi connectivity index (χ4v) is 5.12. The molecule has 0 aromatic heterocycles. The van der Waals surface area contributed by atoms with Crippen LogP contribution < -0.4 is 0 Å². The lowest BCUT2D eigenvalue weighted by Gasteiger charge is -2.33. The van der Waals surface area contributed by atoms with Gasteiger partial charge in [0.2, 0.25) is 0 Å². The van der Waals surface area contributed by atoms with Crippen LogP contribution in [0.1, 0.15) is 52.2 Å². The van der Waals surface area contributed by atoms with Crippen LogP contribution in [0.2, 0.25) is 0 Å². The number of rotatable bonds is 2. The first-order valence-electron chi connectivity index (χ1n) is 8.51. The minimum absolute atomic E-state index is 0.277. The summed E-state index contributed by atoms with van der Waals surface area (Å²) in [6.45, 7) is 16.3. The van der Waals surface area contributed by atoms with Gasteiger partial charge in [0.05, 0.1) is 5.69 Å². The fourth-order valence-electron chi connectivity index (χ4n) is 5.12. The van der Waals surface area contributed by atoms with Crippen molar-refractivity contribution in [3.8, 4) is 0 Å². The van der Waals surface area contributed by atoms with Gasteiger partial charge in [-0.2, -0.15) is 0 Å². The first-order valence-corrected chi connectivity index (χ1v) is 8.51. The van der Waals surface area contributed by atoms with E-state index in [-0.39, 0.29) is 5.41 Å².